The van der Waals surface area contributed by atoms with Crippen LogP contribution in [-0.2, 0) is 11.3 Å². The highest BCUT2D eigenvalue weighted by atomic mass is 35.5. The standard InChI is InChI=1S/C18H23ClN4OS/c1-13-21-22-18(23(13)16-5-3-2-4-6-16)25-12-17(24)20-11-14-7-9-15(19)10-8-14/h7-10,16H,2-6,11-12H2,1H3,(H,20,24). The highest BCUT2D eigenvalue weighted by Crippen LogP contribution is 2.32. The van der Waals surface area contributed by atoms with Crippen LogP contribution in [0.4, 0.5) is 0 Å². The predicted octanol–water partition coefficient (Wildman–Crippen LogP) is 4.15. The number of carbonyl (C=O) groups is 1. The number of thioether (sulfide) groups is 1. The molecular formula is C18H23ClN4OS. The largest absolute Gasteiger partial charge is 0.351 e. The van der Waals surface area contributed by atoms with Crippen LogP contribution in [0.2, 0.25) is 5.02 Å². The van der Waals surface area contributed by atoms with E-state index in [2.05, 4.69) is 20.1 Å². The molecule has 0 bridgehead atoms. The van der Waals surface area contributed by atoms with Gasteiger partial charge in [-0.05, 0) is 37.5 Å². The van der Waals surface area contributed by atoms with Gasteiger partial charge in [-0.15, -0.1) is 10.2 Å². The van der Waals surface area contributed by atoms with Gasteiger partial charge in [-0.1, -0.05) is 54.8 Å². The monoisotopic (exact) mass is 378 g/mol. The molecule has 25 heavy (non-hydrogen) atoms. The number of aryl methyl sites for hydroxylation is 1. The smallest absolute Gasteiger partial charge is 0.230 e. The minimum absolute atomic E-state index is 0.00389. The minimum atomic E-state index is -0.00389. The summed E-state index contributed by atoms with van der Waals surface area (Å²) in [6, 6.07) is 7.96. The molecule has 1 aliphatic rings. The van der Waals surface area contributed by atoms with Crippen molar-refractivity contribution in [2.24, 2.45) is 0 Å². The molecule has 0 atom stereocenters. The van der Waals surface area contributed by atoms with Gasteiger partial charge in [0.05, 0.1) is 5.75 Å². The van der Waals surface area contributed by atoms with Gasteiger partial charge in [0, 0.05) is 17.6 Å². The maximum atomic E-state index is 12.1. The van der Waals surface area contributed by atoms with Gasteiger partial charge in [0.25, 0.3) is 0 Å². The Kier molecular flexibility index (Phi) is 6.37. The molecule has 3 rings (SSSR count). The van der Waals surface area contributed by atoms with Crippen molar-refractivity contribution in [3.8, 4) is 0 Å². The number of benzene rings is 1. The maximum Gasteiger partial charge on any atom is 0.230 e. The molecule has 0 unspecified atom stereocenters. The van der Waals surface area contributed by atoms with Gasteiger partial charge in [-0.25, -0.2) is 0 Å². The summed E-state index contributed by atoms with van der Waals surface area (Å²) >= 11 is 7.33. The summed E-state index contributed by atoms with van der Waals surface area (Å²) < 4.78 is 2.22. The van der Waals surface area contributed by atoms with Gasteiger partial charge in [0.15, 0.2) is 5.16 Å². The van der Waals surface area contributed by atoms with Gasteiger partial charge in [-0.3, -0.25) is 4.79 Å². The van der Waals surface area contributed by atoms with E-state index in [1.165, 1.54) is 43.9 Å². The van der Waals surface area contributed by atoms with Crippen LogP contribution in [0.3, 0.4) is 0 Å². The van der Waals surface area contributed by atoms with Crippen molar-refractivity contribution in [1.29, 1.82) is 0 Å². The lowest BCUT2D eigenvalue weighted by atomic mass is 9.95. The van der Waals surface area contributed by atoms with Crippen LogP contribution >= 0.6 is 23.4 Å². The number of rotatable bonds is 6. The molecule has 5 nitrogen and oxygen atoms in total. The van der Waals surface area contributed by atoms with Crippen molar-refractivity contribution in [3.63, 3.8) is 0 Å². The Balaban J connectivity index is 1.52. The van der Waals surface area contributed by atoms with Crippen molar-refractivity contribution in [2.75, 3.05) is 5.75 Å². The van der Waals surface area contributed by atoms with Crippen LogP contribution in [-0.4, -0.2) is 26.4 Å². The third kappa shape index (κ3) is 4.98. The van der Waals surface area contributed by atoms with E-state index < -0.39 is 0 Å². The van der Waals surface area contributed by atoms with E-state index >= 15 is 0 Å². The zero-order chi connectivity index (χ0) is 17.6. The van der Waals surface area contributed by atoms with E-state index in [1.54, 1.807) is 0 Å². The van der Waals surface area contributed by atoms with Crippen LogP contribution in [0.5, 0.6) is 0 Å². The molecule has 1 amide bonds. The third-order valence-corrected chi connectivity index (χ3v) is 5.71. The summed E-state index contributed by atoms with van der Waals surface area (Å²) in [7, 11) is 0. The molecule has 0 saturated heterocycles. The fourth-order valence-corrected chi connectivity index (χ4v) is 4.20. The summed E-state index contributed by atoms with van der Waals surface area (Å²) in [5, 5.41) is 13.0. The third-order valence-electron chi connectivity index (χ3n) is 4.51. The molecule has 1 saturated carbocycles. The van der Waals surface area contributed by atoms with Gasteiger partial charge in [0.2, 0.25) is 5.91 Å². The lowest BCUT2D eigenvalue weighted by Crippen LogP contribution is -2.25. The molecule has 1 aromatic carbocycles. The van der Waals surface area contributed by atoms with Crippen LogP contribution in [0.1, 0.15) is 49.5 Å². The van der Waals surface area contributed by atoms with E-state index in [1.807, 2.05) is 31.2 Å². The molecule has 1 heterocycles. The van der Waals surface area contributed by atoms with Gasteiger partial charge in [-0.2, -0.15) is 0 Å². The first kappa shape index (κ1) is 18.3. The fourth-order valence-electron chi connectivity index (χ4n) is 3.19. The first-order chi connectivity index (χ1) is 12.1. The van der Waals surface area contributed by atoms with Crippen LogP contribution in [0.25, 0.3) is 0 Å². The molecule has 1 aliphatic carbocycles. The van der Waals surface area contributed by atoms with E-state index in [0.717, 1.165) is 16.5 Å². The van der Waals surface area contributed by atoms with Crippen molar-refractivity contribution in [1.82, 2.24) is 20.1 Å². The second-order valence-corrected chi connectivity index (χ2v) is 7.76. The normalized spacial score (nSPS) is 15.3. The summed E-state index contributed by atoms with van der Waals surface area (Å²) in [5.41, 5.74) is 1.03. The highest BCUT2D eigenvalue weighted by molar-refractivity contribution is 7.99. The number of carbonyl (C=O) groups excluding carboxylic acids is 1. The maximum absolute atomic E-state index is 12.1. The second-order valence-electron chi connectivity index (χ2n) is 6.38. The zero-order valence-electron chi connectivity index (χ0n) is 14.4. The molecule has 0 radical (unpaired) electrons. The summed E-state index contributed by atoms with van der Waals surface area (Å²) in [6.45, 7) is 2.50. The Bertz CT molecular complexity index is 710. The Hall–Kier alpha value is -1.53. The SMILES string of the molecule is Cc1nnc(SCC(=O)NCc2ccc(Cl)cc2)n1C1CCCCC1. The van der Waals surface area contributed by atoms with E-state index in [9.17, 15) is 4.79 Å². The van der Waals surface area contributed by atoms with Crippen molar-refractivity contribution in [2.45, 2.75) is 56.8 Å². The zero-order valence-corrected chi connectivity index (χ0v) is 15.9. The number of halogens is 1. The molecule has 0 spiro atoms. The van der Waals surface area contributed by atoms with Gasteiger partial charge < -0.3 is 9.88 Å². The molecule has 2 aromatic rings. The summed E-state index contributed by atoms with van der Waals surface area (Å²) in [5.74, 6) is 1.28. The summed E-state index contributed by atoms with van der Waals surface area (Å²) in [6.07, 6.45) is 6.18. The number of nitrogens with zero attached hydrogens (tertiary/aromatic N) is 3. The molecule has 7 heteroatoms. The van der Waals surface area contributed by atoms with E-state index in [0.29, 0.717) is 23.4 Å². The predicted molar refractivity (Wildman–Crippen MR) is 101 cm³/mol. The average molecular weight is 379 g/mol. The van der Waals surface area contributed by atoms with E-state index in [-0.39, 0.29) is 5.91 Å². The Morgan fingerprint density at radius 1 is 1.24 bits per heavy atom. The molecule has 0 aliphatic heterocycles. The number of amides is 1. The lowest BCUT2D eigenvalue weighted by molar-refractivity contribution is -0.118. The lowest BCUT2D eigenvalue weighted by Gasteiger charge is -2.24. The molecule has 1 N–H and O–H groups in total. The molecule has 134 valence electrons. The topological polar surface area (TPSA) is 59.8 Å². The van der Waals surface area contributed by atoms with Gasteiger partial charge >= 0.3 is 0 Å². The second kappa shape index (κ2) is 8.72. The first-order valence-corrected chi connectivity index (χ1v) is 10.1. The Labute approximate surface area is 157 Å². The Morgan fingerprint density at radius 3 is 2.68 bits per heavy atom. The minimum Gasteiger partial charge on any atom is -0.351 e. The average Bonchev–Trinajstić information content (AvgIpc) is 3.01. The summed E-state index contributed by atoms with van der Waals surface area (Å²) in [4.78, 5) is 12.1. The quantitative estimate of drug-likeness (QED) is 0.767. The van der Waals surface area contributed by atoms with Crippen LogP contribution in [0, 0.1) is 6.92 Å². The van der Waals surface area contributed by atoms with Crippen molar-refractivity contribution < 1.29 is 4.79 Å². The van der Waals surface area contributed by atoms with Crippen LogP contribution in [0.15, 0.2) is 29.4 Å². The van der Waals surface area contributed by atoms with Crippen molar-refractivity contribution >= 4 is 29.3 Å². The fraction of sp³-hybridized carbons (Fsp3) is 0.500. The molecule has 1 fully saturated rings. The number of aromatic nitrogens is 3. The number of hydrogen-bond donors (Lipinski definition) is 1. The van der Waals surface area contributed by atoms with E-state index in [4.69, 9.17) is 11.6 Å². The highest BCUT2D eigenvalue weighted by Gasteiger charge is 2.21. The Morgan fingerprint density at radius 2 is 1.96 bits per heavy atom. The van der Waals surface area contributed by atoms with Gasteiger partial charge in [0.1, 0.15) is 5.82 Å². The molecule has 1 aromatic heterocycles. The van der Waals surface area contributed by atoms with Crippen LogP contribution < -0.4 is 5.32 Å². The number of nitrogens with one attached hydrogen (secondary N) is 1. The van der Waals surface area contributed by atoms with Crippen molar-refractivity contribution in [3.05, 3.63) is 40.7 Å². The molecular weight excluding hydrogens is 356 g/mol. The number of hydrogen-bond acceptors (Lipinski definition) is 4. The first-order valence-electron chi connectivity index (χ1n) is 8.69.